The highest BCUT2D eigenvalue weighted by molar-refractivity contribution is 5.81. The lowest BCUT2D eigenvalue weighted by Crippen LogP contribution is -2.54. The van der Waals surface area contributed by atoms with E-state index < -0.39 is 5.54 Å². The fourth-order valence-corrected chi connectivity index (χ4v) is 2.58. The third-order valence-electron chi connectivity index (χ3n) is 4.01. The van der Waals surface area contributed by atoms with Crippen LogP contribution in [0.15, 0.2) is 6.07 Å². The quantitative estimate of drug-likeness (QED) is 0.771. The molecule has 0 amide bonds. The Morgan fingerprint density at radius 2 is 2.15 bits per heavy atom. The highest BCUT2D eigenvalue weighted by Crippen LogP contribution is 2.40. The standard InChI is InChI=1S/C15H25N3O2/c1-4-12-9-13(5-2)18(17-12)10-15(16,11-7-8-11)14(19)20-6-3/h9,11H,4-8,10,16H2,1-3H3. The number of aromatic nitrogens is 2. The summed E-state index contributed by atoms with van der Waals surface area (Å²) in [4.78, 5) is 12.2. The average Bonchev–Trinajstić information content (AvgIpc) is 3.22. The Bertz CT molecular complexity index is 479. The third kappa shape index (κ3) is 2.87. The lowest BCUT2D eigenvalue weighted by atomic mass is 9.94. The third-order valence-corrected chi connectivity index (χ3v) is 4.01. The van der Waals surface area contributed by atoms with Crippen molar-refractivity contribution < 1.29 is 9.53 Å². The van der Waals surface area contributed by atoms with Gasteiger partial charge in [-0.2, -0.15) is 5.10 Å². The van der Waals surface area contributed by atoms with E-state index in [9.17, 15) is 4.79 Å². The molecule has 0 spiro atoms. The number of aryl methyl sites for hydroxylation is 2. The van der Waals surface area contributed by atoms with Crippen LogP contribution in [0.1, 0.15) is 45.0 Å². The molecule has 0 saturated heterocycles. The molecular formula is C15H25N3O2. The van der Waals surface area contributed by atoms with Gasteiger partial charge in [0.05, 0.1) is 18.8 Å². The predicted molar refractivity (Wildman–Crippen MR) is 77.3 cm³/mol. The number of rotatable bonds is 7. The number of hydrogen-bond donors (Lipinski definition) is 1. The first-order valence-corrected chi connectivity index (χ1v) is 7.56. The first-order valence-electron chi connectivity index (χ1n) is 7.56. The van der Waals surface area contributed by atoms with Crippen molar-refractivity contribution in [1.29, 1.82) is 0 Å². The van der Waals surface area contributed by atoms with Crippen LogP contribution in [0.5, 0.6) is 0 Å². The highest BCUT2D eigenvalue weighted by Gasteiger charge is 2.49. The minimum Gasteiger partial charge on any atom is -0.465 e. The molecule has 1 aromatic heterocycles. The molecule has 5 nitrogen and oxygen atoms in total. The molecule has 1 aliphatic rings. The first-order chi connectivity index (χ1) is 9.55. The molecule has 112 valence electrons. The Morgan fingerprint density at radius 3 is 2.65 bits per heavy atom. The van der Waals surface area contributed by atoms with Gasteiger partial charge in [0.15, 0.2) is 0 Å². The van der Waals surface area contributed by atoms with Crippen LogP contribution in [0.3, 0.4) is 0 Å². The molecule has 1 saturated carbocycles. The summed E-state index contributed by atoms with van der Waals surface area (Å²) in [5.41, 5.74) is 7.64. The smallest absolute Gasteiger partial charge is 0.328 e. The van der Waals surface area contributed by atoms with Crippen LogP contribution in [0, 0.1) is 5.92 Å². The summed E-state index contributed by atoms with van der Waals surface area (Å²) in [5.74, 6) is -0.0707. The van der Waals surface area contributed by atoms with Crippen molar-refractivity contribution in [2.75, 3.05) is 6.61 Å². The van der Waals surface area contributed by atoms with Gasteiger partial charge in [0, 0.05) is 5.69 Å². The highest BCUT2D eigenvalue weighted by atomic mass is 16.5. The molecular weight excluding hydrogens is 254 g/mol. The molecule has 5 heteroatoms. The number of ether oxygens (including phenoxy) is 1. The molecule has 1 aliphatic carbocycles. The van der Waals surface area contributed by atoms with Crippen LogP contribution in [0.2, 0.25) is 0 Å². The number of carbonyl (C=O) groups is 1. The van der Waals surface area contributed by atoms with E-state index in [-0.39, 0.29) is 11.9 Å². The van der Waals surface area contributed by atoms with Gasteiger partial charge in [-0.25, -0.2) is 4.79 Å². The summed E-state index contributed by atoms with van der Waals surface area (Å²) >= 11 is 0. The van der Waals surface area contributed by atoms with Crippen molar-refractivity contribution in [3.05, 3.63) is 17.5 Å². The SMILES string of the molecule is CCOC(=O)C(N)(Cn1nc(CC)cc1CC)C1CC1. The molecule has 0 aliphatic heterocycles. The van der Waals surface area contributed by atoms with E-state index in [1.807, 2.05) is 11.6 Å². The van der Waals surface area contributed by atoms with Gasteiger partial charge in [-0.3, -0.25) is 4.68 Å². The number of esters is 1. The number of carbonyl (C=O) groups excluding carboxylic acids is 1. The Labute approximate surface area is 120 Å². The molecule has 2 rings (SSSR count). The zero-order valence-electron chi connectivity index (χ0n) is 12.7. The van der Waals surface area contributed by atoms with Crippen LogP contribution in [0.25, 0.3) is 0 Å². The van der Waals surface area contributed by atoms with Crippen molar-refractivity contribution in [3.63, 3.8) is 0 Å². The van der Waals surface area contributed by atoms with Gasteiger partial charge in [-0.05, 0) is 44.6 Å². The van der Waals surface area contributed by atoms with Crippen molar-refractivity contribution in [3.8, 4) is 0 Å². The van der Waals surface area contributed by atoms with E-state index in [1.165, 1.54) is 0 Å². The Hall–Kier alpha value is -1.36. The van der Waals surface area contributed by atoms with Crippen LogP contribution in [-0.2, 0) is 28.9 Å². The molecule has 2 N–H and O–H groups in total. The van der Waals surface area contributed by atoms with Crippen LogP contribution >= 0.6 is 0 Å². The maximum Gasteiger partial charge on any atom is 0.328 e. The van der Waals surface area contributed by atoms with Crippen molar-refractivity contribution in [1.82, 2.24) is 9.78 Å². The molecule has 1 unspecified atom stereocenters. The van der Waals surface area contributed by atoms with Crippen molar-refractivity contribution in [2.45, 2.75) is 58.5 Å². The van der Waals surface area contributed by atoms with E-state index >= 15 is 0 Å². The average molecular weight is 279 g/mol. The second kappa shape index (κ2) is 5.95. The molecule has 1 atom stereocenters. The zero-order valence-corrected chi connectivity index (χ0v) is 12.7. The molecule has 1 fully saturated rings. The van der Waals surface area contributed by atoms with Gasteiger partial charge in [-0.1, -0.05) is 13.8 Å². The topological polar surface area (TPSA) is 70.1 Å². The molecule has 20 heavy (non-hydrogen) atoms. The van der Waals surface area contributed by atoms with E-state index in [4.69, 9.17) is 10.5 Å². The Morgan fingerprint density at radius 1 is 1.45 bits per heavy atom. The monoisotopic (exact) mass is 279 g/mol. The Balaban J connectivity index is 2.24. The van der Waals surface area contributed by atoms with E-state index in [0.717, 1.165) is 37.1 Å². The summed E-state index contributed by atoms with van der Waals surface area (Å²) in [6.45, 7) is 6.76. The fraction of sp³-hybridized carbons (Fsp3) is 0.733. The molecule has 0 radical (unpaired) electrons. The maximum atomic E-state index is 12.2. The summed E-state index contributed by atoms with van der Waals surface area (Å²) in [6, 6.07) is 2.10. The molecule has 1 heterocycles. The number of hydrogen-bond acceptors (Lipinski definition) is 4. The van der Waals surface area contributed by atoms with Crippen LogP contribution < -0.4 is 5.73 Å². The minimum atomic E-state index is -0.934. The van der Waals surface area contributed by atoms with Crippen molar-refractivity contribution >= 4 is 5.97 Å². The van der Waals surface area contributed by atoms with Crippen LogP contribution in [0.4, 0.5) is 0 Å². The molecule has 0 aromatic carbocycles. The molecule has 0 bridgehead atoms. The van der Waals surface area contributed by atoms with Crippen molar-refractivity contribution in [2.24, 2.45) is 11.7 Å². The Kier molecular flexibility index (Phi) is 4.48. The second-order valence-electron chi connectivity index (χ2n) is 5.53. The van der Waals surface area contributed by atoms with Crippen LogP contribution in [-0.4, -0.2) is 27.9 Å². The summed E-state index contributed by atoms with van der Waals surface area (Å²) < 4.78 is 7.08. The predicted octanol–water partition coefficient (Wildman–Crippen LogP) is 1.68. The van der Waals surface area contributed by atoms with Gasteiger partial charge in [0.1, 0.15) is 5.54 Å². The first kappa shape index (κ1) is 15.0. The fourth-order valence-electron chi connectivity index (χ4n) is 2.58. The van der Waals surface area contributed by atoms with Gasteiger partial charge < -0.3 is 10.5 Å². The van der Waals surface area contributed by atoms with Gasteiger partial charge in [0.2, 0.25) is 0 Å². The van der Waals surface area contributed by atoms with E-state index in [1.54, 1.807) is 0 Å². The number of nitrogens with zero attached hydrogens (tertiary/aromatic N) is 2. The lowest BCUT2D eigenvalue weighted by molar-refractivity contribution is -0.151. The van der Waals surface area contributed by atoms with E-state index in [2.05, 4.69) is 25.0 Å². The normalized spacial score (nSPS) is 17.8. The molecule has 1 aromatic rings. The van der Waals surface area contributed by atoms with Gasteiger partial charge in [0.25, 0.3) is 0 Å². The maximum absolute atomic E-state index is 12.2. The number of nitrogens with two attached hydrogens (primary N) is 1. The van der Waals surface area contributed by atoms with Gasteiger partial charge >= 0.3 is 5.97 Å². The zero-order chi connectivity index (χ0) is 14.8. The second-order valence-corrected chi connectivity index (χ2v) is 5.53. The summed E-state index contributed by atoms with van der Waals surface area (Å²) in [6.07, 6.45) is 3.77. The summed E-state index contributed by atoms with van der Waals surface area (Å²) in [5, 5.41) is 4.57. The lowest BCUT2D eigenvalue weighted by Gasteiger charge is -2.27. The largest absolute Gasteiger partial charge is 0.465 e. The summed E-state index contributed by atoms with van der Waals surface area (Å²) in [7, 11) is 0. The van der Waals surface area contributed by atoms with Gasteiger partial charge in [-0.15, -0.1) is 0 Å². The van der Waals surface area contributed by atoms with E-state index in [0.29, 0.717) is 13.2 Å². The minimum absolute atomic E-state index is 0.223.